The van der Waals surface area contributed by atoms with Gasteiger partial charge in [-0.25, -0.2) is 8.42 Å². The molecule has 44 heavy (non-hydrogen) atoms. The van der Waals surface area contributed by atoms with Crippen LogP contribution < -0.4 is 5.32 Å². The first kappa shape index (κ1) is 33.6. The first-order valence-electron chi connectivity index (χ1n) is 14.4. The van der Waals surface area contributed by atoms with Crippen molar-refractivity contribution in [2.75, 3.05) is 20.1 Å². The van der Waals surface area contributed by atoms with Crippen molar-refractivity contribution in [3.63, 3.8) is 0 Å². The van der Waals surface area contributed by atoms with Crippen molar-refractivity contribution in [2.24, 2.45) is 5.92 Å². The van der Waals surface area contributed by atoms with Crippen molar-refractivity contribution < 1.29 is 36.6 Å². The molecule has 0 amide bonds. The molecule has 1 atom stereocenters. The maximum Gasteiger partial charge on any atom is 0.416 e. The average Bonchev–Trinajstić information content (AvgIpc) is 3.36. The number of aromatic nitrogens is 1. The number of β-amino-alcohol motifs (C(OH)–C–C–N with tert-alkyl or cyclic N) is 1. The normalized spacial score (nSPS) is 15.0. The highest BCUT2D eigenvalue weighted by molar-refractivity contribution is 7.89. The van der Waals surface area contributed by atoms with Crippen LogP contribution in [-0.2, 0) is 40.3 Å². The molecule has 1 aromatic heterocycles. The molecule has 1 aliphatic carbocycles. The number of halogens is 3. The van der Waals surface area contributed by atoms with Crippen molar-refractivity contribution in [2.45, 2.75) is 68.7 Å². The third kappa shape index (κ3) is 8.65. The molecule has 238 valence electrons. The summed E-state index contributed by atoms with van der Waals surface area (Å²) in [5, 5.41) is 22.9. The molecule has 2 aromatic carbocycles. The molecule has 0 bridgehead atoms. The van der Waals surface area contributed by atoms with Crippen LogP contribution in [0.3, 0.4) is 0 Å². The number of carbonyl (C=O) groups is 1. The molecule has 3 aromatic rings. The number of alkyl halides is 3. The lowest BCUT2D eigenvalue weighted by atomic mass is 9.88. The molecule has 0 saturated carbocycles. The highest BCUT2D eigenvalue weighted by Crippen LogP contribution is 2.35. The van der Waals surface area contributed by atoms with Crippen molar-refractivity contribution in [1.29, 1.82) is 0 Å². The summed E-state index contributed by atoms with van der Waals surface area (Å²) >= 11 is 0. The van der Waals surface area contributed by atoms with Crippen LogP contribution in [0.2, 0.25) is 0 Å². The van der Waals surface area contributed by atoms with E-state index in [1.807, 2.05) is 26.0 Å². The minimum Gasteiger partial charge on any atom is -0.481 e. The fourth-order valence-corrected chi connectivity index (χ4v) is 6.96. The number of rotatable bonds is 13. The number of benzene rings is 2. The molecule has 0 radical (unpaired) electrons. The zero-order valence-electron chi connectivity index (χ0n) is 24.9. The van der Waals surface area contributed by atoms with E-state index in [0.29, 0.717) is 17.5 Å². The van der Waals surface area contributed by atoms with Crippen molar-refractivity contribution in [3.8, 4) is 11.3 Å². The van der Waals surface area contributed by atoms with Gasteiger partial charge in [0.2, 0.25) is 10.0 Å². The van der Waals surface area contributed by atoms with E-state index in [0.717, 1.165) is 35.7 Å². The lowest BCUT2D eigenvalue weighted by molar-refractivity contribution is -0.138. The van der Waals surface area contributed by atoms with E-state index in [2.05, 4.69) is 22.4 Å². The molecule has 0 aliphatic heterocycles. The van der Waals surface area contributed by atoms with E-state index < -0.39 is 38.7 Å². The van der Waals surface area contributed by atoms with Gasteiger partial charge < -0.3 is 15.5 Å². The zero-order chi connectivity index (χ0) is 32.3. The number of hydrogen-bond donors (Lipinski definition) is 3. The van der Waals surface area contributed by atoms with Gasteiger partial charge in [-0.15, -0.1) is 0 Å². The van der Waals surface area contributed by atoms with Crippen molar-refractivity contribution >= 4 is 16.0 Å². The van der Waals surface area contributed by atoms with Gasteiger partial charge in [-0.1, -0.05) is 30.3 Å². The van der Waals surface area contributed by atoms with E-state index >= 15 is 0 Å². The minimum absolute atomic E-state index is 0.0605. The third-order valence-corrected chi connectivity index (χ3v) is 9.71. The Morgan fingerprint density at radius 1 is 1.09 bits per heavy atom. The number of carboxylic acids is 1. The summed E-state index contributed by atoms with van der Waals surface area (Å²) in [7, 11) is -3.21. The maximum atomic E-state index is 13.8. The molecule has 0 saturated heterocycles. The van der Waals surface area contributed by atoms with Gasteiger partial charge in [-0.3, -0.25) is 9.78 Å². The second kappa shape index (κ2) is 13.4. The number of hydrogen-bond acceptors (Lipinski definition) is 6. The summed E-state index contributed by atoms with van der Waals surface area (Å²) < 4.78 is 69.1. The van der Waals surface area contributed by atoms with Gasteiger partial charge in [0.25, 0.3) is 0 Å². The summed E-state index contributed by atoms with van der Waals surface area (Å²) in [6.45, 7) is 3.82. The number of pyridine rings is 1. The standard InChI is InChI=1S/C32H38F3N3O5S/c1-31(2,17-22-12-23-6-4-5-7-24(23)13-22)37-19-27(39)20-38(3)44(42,43)28-15-25(14-26(16-28)32(33,34)35)29-10-8-21(18-36-29)9-11-30(40)41/h4-8,10,14-16,18,22,27,37,39H,9,11-13,17,19-20H2,1-3H3,(H,40,41)/t27-/m1/s1. The topological polar surface area (TPSA) is 120 Å². The second-order valence-corrected chi connectivity index (χ2v) is 14.2. The number of aliphatic hydroxyl groups is 1. The number of aryl methyl sites for hydroxylation is 1. The van der Waals surface area contributed by atoms with Gasteiger partial charge in [-0.05, 0) is 86.4 Å². The van der Waals surface area contributed by atoms with Gasteiger partial charge >= 0.3 is 12.1 Å². The molecule has 0 fully saturated rings. The van der Waals surface area contributed by atoms with E-state index in [4.69, 9.17) is 5.11 Å². The maximum absolute atomic E-state index is 13.8. The molecule has 4 rings (SSSR count). The van der Waals surface area contributed by atoms with E-state index in [9.17, 15) is 31.5 Å². The highest BCUT2D eigenvalue weighted by atomic mass is 32.2. The smallest absolute Gasteiger partial charge is 0.416 e. The summed E-state index contributed by atoms with van der Waals surface area (Å²) in [5.74, 6) is -0.549. The minimum atomic E-state index is -4.82. The zero-order valence-corrected chi connectivity index (χ0v) is 25.8. The van der Waals surface area contributed by atoms with Crippen LogP contribution in [0.15, 0.2) is 65.7 Å². The number of fused-ring (bicyclic) bond motifs is 1. The fourth-order valence-electron chi connectivity index (χ4n) is 5.68. The highest BCUT2D eigenvalue weighted by Gasteiger charge is 2.34. The molecule has 0 spiro atoms. The number of sulfonamides is 1. The summed E-state index contributed by atoms with van der Waals surface area (Å²) in [6.07, 6.45) is -1.70. The van der Waals surface area contributed by atoms with Crippen LogP contribution in [-0.4, -0.2) is 65.7 Å². The lowest BCUT2D eigenvalue weighted by Gasteiger charge is -2.31. The van der Waals surface area contributed by atoms with Crippen LogP contribution in [0.4, 0.5) is 13.2 Å². The number of aliphatic carboxylic acids is 1. The Balaban J connectivity index is 1.43. The Kier molecular flexibility index (Phi) is 10.2. The Labute approximate surface area is 256 Å². The number of aliphatic hydroxyl groups excluding tert-OH is 1. The van der Waals surface area contributed by atoms with Gasteiger partial charge in [0.1, 0.15) is 0 Å². The van der Waals surface area contributed by atoms with Gasteiger partial charge in [0.05, 0.1) is 22.3 Å². The Morgan fingerprint density at radius 3 is 2.32 bits per heavy atom. The fraction of sp³-hybridized carbons (Fsp3) is 0.438. The van der Waals surface area contributed by atoms with Crippen LogP contribution in [0, 0.1) is 5.92 Å². The van der Waals surface area contributed by atoms with Crippen LogP contribution in [0.1, 0.15) is 48.9 Å². The Morgan fingerprint density at radius 2 is 1.75 bits per heavy atom. The van der Waals surface area contributed by atoms with Crippen molar-refractivity contribution in [1.82, 2.24) is 14.6 Å². The number of nitrogens with zero attached hydrogens (tertiary/aromatic N) is 2. The lowest BCUT2D eigenvalue weighted by Crippen LogP contribution is -2.47. The molecule has 1 aliphatic rings. The molecule has 3 N–H and O–H groups in total. The predicted molar refractivity (Wildman–Crippen MR) is 160 cm³/mol. The van der Waals surface area contributed by atoms with Gasteiger partial charge in [-0.2, -0.15) is 17.5 Å². The third-order valence-electron chi connectivity index (χ3n) is 7.91. The summed E-state index contributed by atoms with van der Waals surface area (Å²) in [4.78, 5) is 14.4. The largest absolute Gasteiger partial charge is 0.481 e. The monoisotopic (exact) mass is 633 g/mol. The van der Waals surface area contributed by atoms with E-state index in [1.165, 1.54) is 30.4 Å². The number of likely N-dealkylation sites (N-methyl/N-ethyl adjacent to an activating group) is 1. The first-order valence-corrected chi connectivity index (χ1v) is 15.8. The SMILES string of the molecule is CN(C[C@H](O)CNC(C)(C)CC1Cc2ccccc2C1)S(=O)(=O)c1cc(-c2ccc(CCC(=O)O)cn2)cc(C(F)(F)F)c1. The molecule has 1 heterocycles. The van der Waals surface area contributed by atoms with Crippen LogP contribution >= 0.6 is 0 Å². The van der Waals surface area contributed by atoms with Crippen molar-refractivity contribution in [3.05, 3.63) is 83.0 Å². The first-order chi connectivity index (χ1) is 20.5. The van der Waals surface area contributed by atoms with Gasteiger partial charge in [0.15, 0.2) is 0 Å². The molecular formula is C32H38F3N3O5S. The average molecular weight is 634 g/mol. The summed E-state index contributed by atoms with van der Waals surface area (Å²) in [5.41, 5.74) is 1.83. The van der Waals surface area contributed by atoms with Crippen LogP contribution in [0.25, 0.3) is 11.3 Å². The number of carboxylic acid groups (broad SMARTS) is 1. The van der Waals surface area contributed by atoms with Gasteiger partial charge in [0, 0.05) is 43.9 Å². The predicted octanol–water partition coefficient (Wildman–Crippen LogP) is 4.94. The van der Waals surface area contributed by atoms with E-state index in [1.54, 1.807) is 6.07 Å². The number of nitrogens with one attached hydrogen (secondary N) is 1. The molecule has 12 heteroatoms. The summed E-state index contributed by atoms with van der Waals surface area (Å²) in [6, 6.07) is 13.8. The van der Waals surface area contributed by atoms with Crippen LogP contribution in [0.5, 0.6) is 0 Å². The van der Waals surface area contributed by atoms with E-state index in [-0.39, 0.29) is 42.7 Å². The molecule has 0 unspecified atom stereocenters. The second-order valence-electron chi connectivity index (χ2n) is 12.1. The molecular weight excluding hydrogens is 595 g/mol. The Hall–Kier alpha value is -3.32. The molecule has 8 nitrogen and oxygen atoms in total. The quantitative estimate of drug-likeness (QED) is 0.244. The Bertz CT molecular complexity index is 1550.